The molecule has 0 bridgehead atoms. The van der Waals surface area contributed by atoms with Crippen LogP contribution in [0.2, 0.25) is 5.02 Å². The lowest BCUT2D eigenvalue weighted by Gasteiger charge is -2.17. The zero-order valence-electron chi connectivity index (χ0n) is 11.7. The third-order valence-corrected chi connectivity index (χ3v) is 3.52. The van der Waals surface area contributed by atoms with Gasteiger partial charge in [0.1, 0.15) is 18.4 Å². The van der Waals surface area contributed by atoms with E-state index in [9.17, 15) is 18.0 Å². The maximum Gasteiger partial charge on any atom is 0.405 e. The van der Waals surface area contributed by atoms with Crippen LogP contribution in [0.15, 0.2) is 24.3 Å². The fourth-order valence-corrected chi connectivity index (χ4v) is 2.39. The molecule has 122 valence electrons. The Bertz CT molecular complexity index is 525. The lowest BCUT2D eigenvalue weighted by Crippen LogP contribution is -2.40. The highest BCUT2D eigenvalue weighted by molar-refractivity contribution is 6.32. The Morgan fingerprint density at radius 3 is 2.82 bits per heavy atom. The number of rotatable bonds is 5. The third kappa shape index (κ3) is 5.38. The highest BCUT2D eigenvalue weighted by Crippen LogP contribution is 2.26. The minimum atomic E-state index is -4.39. The van der Waals surface area contributed by atoms with Crippen LogP contribution in [0.1, 0.15) is 6.42 Å². The Morgan fingerprint density at radius 1 is 1.41 bits per heavy atom. The fourth-order valence-electron chi connectivity index (χ4n) is 2.21. The summed E-state index contributed by atoms with van der Waals surface area (Å²) in [4.78, 5) is 13.2. The van der Waals surface area contributed by atoms with Gasteiger partial charge in [-0.15, -0.1) is 0 Å². The second-order valence-electron chi connectivity index (χ2n) is 5.09. The molecule has 1 heterocycles. The molecule has 0 spiro atoms. The summed E-state index contributed by atoms with van der Waals surface area (Å²) in [7, 11) is 0. The zero-order valence-corrected chi connectivity index (χ0v) is 12.5. The minimum Gasteiger partial charge on any atom is -0.487 e. The first kappa shape index (κ1) is 16.9. The number of hydrogen-bond acceptors (Lipinski definition) is 3. The van der Waals surface area contributed by atoms with Crippen molar-refractivity contribution in [2.24, 2.45) is 0 Å². The number of nitrogens with one attached hydrogen (secondary N) is 1. The Morgan fingerprint density at radius 2 is 2.14 bits per heavy atom. The van der Waals surface area contributed by atoms with Crippen LogP contribution < -0.4 is 10.1 Å². The number of benzene rings is 1. The summed E-state index contributed by atoms with van der Waals surface area (Å²) >= 11 is 6.00. The van der Waals surface area contributed by atoms with Gasteiger partial charge in [0.15, 0.2) is 0 Å². The molecule has 1 saturated heterocycles. The van der Waals surface area contributed by atoms with Crippen LogP contribution in [0.4, 0.5) is 13.2 Å². The molecule has 1 aliphatic rings. The van der Waals surface area contributed by atoms with E-state index in [1.54, 1.807) is 29.2 Å². The number of likely N-dealkylation sites (tertiary alicyclic amines) is 1. The molecule has 1 N–H and O–H groups in total. The Kier molecular flexibility index (Phi) is 5.52. The SMILES string of the molecule is O=C(CN1CC[C@H](Oc2ccccc2Cl)C1)NCC(F)(F)F. The van der Waals surface area contributed by atoms with Crippen molar-refractivity contribution in [1.29, 1.82) is 0 Å². The van der Waals surface area contributed by atoms with Crippen molar-refractivity contribution < 1.29 is 22.7 Å². The lowest BCUT2D eigenvalue weighted by atomic mass is 10.3. The van der Waals surface area contributed by atoms with E-state index < -0.39 is 18.6 Å². The number of carbonyl (C=O) groups excluding carboxylic acids is 1. The largest absolute Gasteiger partial charge is 0.487 e. The monoisotopic (exact) mass is 336 g/mol. The van der Waals surface area contributed by atoms with Gasteiger partial charge in [0.2, 0.25) is 5.91 Å². The molecule has 4 nitrogen and oxygen atoms in total. The first-order valence-electron chi connectivity index (χ1n) is 6.80. The van der Waals surface area contributed by atoms with Gasteiger partial charge in [-0.25, -0.2) is 0 Å². The molecule has 0 saturated carbocycles. The van der Waals surface area contributed by atoms with Crippen molar-refractivity contribution in [2.45, 2.75) is 18.7 Å². The van der Waals surface area contributed by atoms with E-state index in [0.717, 1.165) is 0 Å². The number of halogens is 4. The summed E-state index contributed by atoms with van der Waals surface area (Å²) in [6, 6.07) is 7.06. The highest BCUT2D eigenvalue weighted by Gasteiger charge is 2.29. The van der Waals surface area contributed by atoms with Crippen LogP contribution in [0, 0.1) is 0 Å². The molecular weight excluding hydrogens is 321 g/mol. The van der Waals surface area contributed by atoms with E-state index in [1.807, 2.05) is 5.32 Å². The quantitative estimate of drug-likeness (QED) is 0.898. The predicted octanol–water partition coefficient (Wildman–Crippen LogP) is 2.47. The van der Waals surface area contributed by atoms with Crippen molar-refractivity contribution in [1.82, 2.24) is 10.2 Å². The first-order valence-corrected chi connectivity index (χ1v) is 7.18. The number of alkyl halides is 3. The fraction of sp³-hybridized carbons (Fsp3) is 0.500. The molecule has 0 aliphatic carbocycles. The maximum absolute atomic E-state index is 12.0. The summed E-state index contributed by atoms with van der Waals surface area (Å²) in [6.07, 6.45) is -3.83. The lowest BCUT2D eigenvalue weighted by molar-refractivity contribution is -0.138. The van der Waals surface area contributed by atoms with E-state index in [4.69, 9.17) is 16.3 Å². The van der Waals surface area contributed by atoms with Gasteiger partial charge < -0.3 is 10.1 Å². The molecule has 22 heavy (non-hydrogen) atoms. The molecular formula is C14H16ClF3N2O2. The summed E-state index contributed by atoms with van der Waals surface area (Å²) in [5.74, 6) is -0.0757. The van der Waals surface area contributed by atoms with Gasteiger partial charge in [0.25, 0.3) is 0 Å². The van der Waals surface area contributed by atoms with Crippen LogP contribution in [0.25, 0.3) is 0 Å². The maximum atomic E-state index is 12.0. The van der Waals surface area contributed by atoms with E-state index >= 15 is 0 Å². The average Bonchev–Trinajstić information content (AvgIpc) is 2.86. The second-order valence-corrected chi connectivity index (χ2v) is 5.49. The van der Waals surface area contributed by atoms with Gasteiger partial charge in [-0.3, -0.25) is 9.69 Å². The van der Waals surface area contributed by atoms with Crippen LogP contribution in [0.5, 0.6) is 5.75 Å². The van der Waals surface area contributed by atoms with Gasteiger partial charge in [0.05, 0.1) is 11.6 Å². The van der Waals surface area contributed by atoms with Crippen LogP contribution in [0.3, 0.4) is 0 Å². The molecule has 8 heteroatoms. The molecule has 0 unspecified atom stereocenters. The first-order chi connectivity index (χ1) is 10.3. The van der Waals surface area contributed by atoms with Crippen molar-refractivity contribution >= 4 is 17.5 Å². The Hall–Kier alpha value is -1.47. The molecule has 2 rings (SSSR count). The topological polar surface area (TPSA) is 41.6 Å². The number of ether oxygens (including phenoxy) is 1. The van der Waals surface area contributed by atoms with Crippen molar-refractivity contribution in [3.05, 3.63) is 29.3 Å². The van der Waals surface area contributed by atoms with Gasteiger partial charge in [0, 0.05) is 13.1 Å². The summed E-state index contributed by atoms with van der Waals surface area (Å²) in [5, 5.41) is 2.36. The third-order valence-electron chi connectivity index (χ3n) is 3.21. The van der Waals surface area contributed by atoms with E-state index in [2.05, 4.69) is 0 Å². The number of carbonyl (C=O) groups is 1. The highest BCUT2D eigenvalue weighted by atomic mass is 35.5. The molecule has 1 aromatic rings. The van der Waals surface area contributed by atoms with E-state index in [1.165, 1.54) is 0 Å². The van der Waals surface area contributed by atoms with Gasteiger partial charge in [-0.05, 0) is 18.6 Å². The van der Waals surface area contributed by atoms with Crippen molar-refractivity contribution in [3.8, 4) is 5.75 Å². The minimum absolute atomic E-state index is 0.0710. The Labute approximate surface area is 131 Å². The van der Waals surface area contributed by atoms with Crippen molar-refractivity contribution in [3.63, 3.8) is 0 Å². The Balaban J connectivity index is 1.76. The smallest absolute Gasteiger partial charge is 0.405 e. The average molecular weight is 337 g/mol. The van der Waals surface area contributed by atoms with Gasteiger partial charge >= 0.3 is 6.18 Å². The second kappa shape index (κ2) is 7.19. The molecule has 0 aromatic heterocycles. The molecule has 1 fully saturated rings. The van der Waals surface area contributed by atoms with Crippen LogP contribution in [-0.2, 0) is 4.79 Å². The molecule has 1 aromatic carbocycles. The van der Waals surface area contributed by atoms with E-state index in [0.29, 0.717) is 30.3 Å². The van der Waals surface area contributed by atoms with Crippen molar-refractivity contribution in [2.75, 3.05) is 26.2 Å². The molecule has 1 amide bonds. The van der Waals surface area contributed by atoms with Crippen LogP contribution in [-0.4, -0.2) is 49.3 Å². The predicted molar refractivity (Wildman–Crippen MR) is 76.0 cm³/mol. The number of nitrogens with zero attached hydrogens (tertiary/aromatic N) is 1. The van der Waals surface area contributed by atoms with Gasteiger partial charge in [-0.2, -0.15) is 13.2 Å². The van der Waals surface area contributed by atoms with Gasteiger partial charge in [-0.1, -0.05) is 23.7 Å². The summed E-state index contributed by atoms with van der Waals surface area (Å²) < 4.78 is 41.8. The molecule has 1 atom stereocenters. The standard InChI is InChI=1S/C14H16ClF3N2O2/c15-11-3-1-2-4-12(11)22-10-5-6-20(7-10)8-13(21)19-9-14(16,17)18/h1-4,10H,5-9H2,(H,19,21)/t10-/m0/s1. The normalized spacial score (nSPS) is 19.2. The zero-order chi connectivity index (χ0) is 16.2. The molecule has 0 radical (unpaired) electrons. The number of hydrogen-bond donors (Lipinski definition) is 1. The molecule has 1 aliphatic heterocycles. The van der Waals surface area contributed by atoms with E-state index in [-0.39, 0.29) is 12.6 Å². The summed E-state index contributed by atoms with van der Waals surface area (Å²) in [5.41, 5.74) is 0. The van der Waals surface area contributed by atoms with Crippen LogP contribution >= 0.6 is 11.6 Å². The number of amides is 1. The number of para-hydroxylation sites is 1. The summed E-state index contributed by atoms with van der Waals surface area (Å²) in [6.45, 7) is -0.309.